The van der Waals surface area contributed by atoms with Gasteiger partial charge in [-0.2, -0.15) is 0 Å². The highest BCUT2D eigenvalue weighted by Gasteiger charge is 2.15. The first-order valence-corrected chi connectivity index (χ1v) is 7.75. The van der Waals surface area contributed by atoms with E-state index in [1.165, 1.54) is 24.3 Å². The van der Waals surface area contributed by atoms with Crippen molar-refractivity contribution < 1.29 is 13.2 Å². The Morgan fingerprint density at radius 2 is 2.00 bits per heavy atom. The van der Waals surface area contributed by atoms with E-state index in [9.17, 15) is 13.2 Å². The van der Waals surface area contributed by atoms with E-state index < -0.39 is 15.9 Å². The molecule has 6 nitrogen and oxygen atoms in total. The van der Waals surface area contributed by atoms with Crippen LogP contribution in [0.5, 0.6) is 0 Å². The summed E-state index contributed by atoms with van der Waals surface area (Å²) in [6.45, 7) is 1.94. The molecular weight excluding hydrogens is 278 g/mol. The fourth-order valence-corrected chi connectivity index (χ4v) is 2.94. The van der Waals surface area contributed by atoms with Gasteiger partial charge < -0.3 is 11.1 Å². The number of carbonyl (C=O) groups is 1. The molecule has 0 atom stereocenters. The quantitative estimate of drug-likeness (QED) is 0.665. The summed E-state index contributed by atoms with van der Waals surface area (Å²) in [4.78, 5) is 11.1. The zero-order valence-corrected chi connectivity index (χ0v) is 11.7. The van der Waals surface area contributed by atoms with Gasteiger partial charge in [-0.25, -0.2) is 13.1 Å². The highest BCUT2D eigenvalue weighted by Crippen LogP contribution is 2.11. The Kier molecular flexibility index (Phi) is 4.53. The van der Waals surface area contributed by atoms with Crippen molar-refractivity contribution in [3.63, 3.8) is 0 Å². The Morgan fingerprint density at radius 1 is 1.30 bits per heavy atom. The van der Waals surface area contributed by atoms with Crippen LogP contribution in [0.25, 0.3) is 0 Å². The molecule has 1 aromatic carbocycles. The van der Waals surface area contributed by atoms with Gasteiger partial charge in [-0.05, 0) is 37.2 Å². The largest absolute Gasteiger partial charge is 0.366 e. The Morgan fingerprint density at radius 3 is 2.55 bits per heavy atom. The molecular formula is C13H17N3O3S. The summed E-state index contributed by atoms with van der Waals surface area (Å²) in [6, 6.07) is 5.56. The third kappa shape index (κ3) is 3.66. The molecule has 0 bridgehead atoms. The van der Waals surface area contributed by atoms with Crippen LogP contribution in [-0.4, -0.2) is 34.0 Å². The van der Waals surface area contributed by atoms with E-state index in [4.69, 9.17) is 5.73 Å². The van der Waals surface area contributed by atoms with Crippen molar-refractivity contribution in [3.05, 3.63) is 41.5 Å². The maximum absolute atomic E-state index is 12.1. The zero-order valence-electron chi connectivity index (χ0n) is 10.9. The minimum atomic E-state index is -3.57. The van der Waals surface area contributed by atoms with Crippen LogP contribution in [0.15, 0.2) is 40.8 Å². The molecule has 0 aromatic heterocycles. The number of benzene rings is 1. The van der Waals surface area contributed by atoms with Crippen LogP contribution >= 0.6 is 0 Å². The summed E-state index contributed by atoms with van der Waals surface area (Å²) < 4.78 is 26.7. The summed E-state index contributed by atoms with van der Waals surface area (Å²) in [5.41, 5.74) is 6.46. The summed E-state index contributed by atoms with van der Waals surface area (Å²) in [7, 11) is -3.57. The number of nitrogens with two attached hydrogens (primary N) is 1. The van der Waals surface area contributed by atoms with Crippen LogP contribution in [0.3, 0.4) is 0 Å². The number of amides is 1. The first kappa shape index (κ1) is 14.7. The molecule has 1 aliphatic heterocycles. The van der Waals surface area contributed by atoms with Gasteiger partial charge in [0.05, 0.1) is 4.90 Å². The average molecular weight is 295 g/mol. The zero-order chi connectivity index (χ0) is 14.6. The number of nitrogens with one attached hydrogen (secondary N) is 2. The van der Waals surface area contributed by atoms with E-state index in [0.717, 1.165) is 25.1 Å². The van der Waals surface area contributed by atoms with Crippen molar-refractivity contribution in [3.8, 4) is 0 Å². The van der Waals surface area contributed by atoms with Crippen molar-refractivity contribution >= 4 is 15.9 Å². The molecule has 0 saturated heterocycles. The molecule has 0 saturated carbocycles. The number of sulfonamides is 1. The van der Waals surface area contributed by atoms with E-state index in [1.807, 2.05) is 6.08 Å². The minimum Gasteiger partial charge on any atom is -0.366 e. The van der Waals surface area contributed by atoms with E-state index in [0.29, 0.717) is 6.54 Å². The summed E-state index contributed by atoms with van der Waals surface area (Å²) >= 11 is 0. The number of carbonyl (C=O) groups excluding carboxylic acids is 1. The number of hydrogen-bond donors (Lipinski definition) is 3. The maximum Gasteiger partial charge on any atom is 0.248 e. The van der Waals surface area contributed by atoms with E-state index in [-0.39, 0.29) is 10.5 Å². The van der Waals surface area contributed by atoms with Gasteiger partial charge in [0.1, 0.15) is 0 Å². The third-order valence-corrected chi connectivity index (χ3v) is 4.51. The van der Waals surface area contributed by atoms with Gasteiger partial charge in [0.2, 0.25) is 15.9 Å². The van der Waals surface area contributed by atoms with Gasteiger partial charge in [-0.3, -0.25) is 4.79 Å². The van der Waals surface area contributed by atoms with Crippen molar-refractivity contribution in [2.45, 2.75) is 11.3 Å². The Balaban J connectivity index is 2.05. The summed E-state index contributed by atoms with van der Waals surface area (Å²) in [5.74, 6) is -0.582. The second-order valence-electron chi connectivity index (χ2n) is 4.53. The molecule has 0 aliphatic carbocycles. The summed E-state index contributed by atoms with van der Waals surface area (Å²) in [5, 5.41) is 3.16. The second-order valence-corrected chi connectivity index (χ2v) is 6.30. The van der Waals surface area contributed by atoms with Crippen molar-refractivity contribution in [2.24, 2.45) is 5.73 Å². The smallest absolute Gasteiger partial charge is 0.248 e. The molecule has 0 radical (unpaired) electrons. The van der Waals surface area contributed by atoms with Crippen LogP contribution in [-0.2, 0) is 10.0 Å². The van der Waals surface area contributed by atoms with Gasteiger partial charge in [-0.1, -0.05) is 11.6 Å². The predicted molar refractivity (Wildman–Crippen MR) is 75.7 cm³/mol. The lowest BCUT2D eigenvalue weighted by Gasteiger charge is -2.14. The molecule has 1 heterocycles. The molecule has 1 aromatic rings. The molecule has 1 amide bonds. The molecule has 4 N–H and O–H groups in total. The molecule has 2 rings (SSSR count). The standard InChI is InChI=1S/C13H17N3O3S/c14-13(17)11-1-3-12(4-2-11)20(18,19)16-9-10-5-7-15-8-6-10/h1-5,15-16H,6-9H2,(H2,14,17). The van der Waals surface area contributed by atoms with Gasteiger partial charge in [0.15, 0.2) is 0 Å². The highest BCUT2D eigenvalue weighted by molar-refractivity contribution is 7.89. The van der Waals surface area contributed by atoms with E-state index in [2.05, 4.69) is 10.0 Å². The minimum absolute atomic E-state index is 0.122. The van der Waals surface area contributed by atoms with Crippen LogP contribution < -0.4 is 15.8 Å². The molecule has 7 heteroatoms. The maximum atomic E-state index is 12.1. The van der Waals surface area contributed by atoms with Gasteiger partial charge in [0, 0.05) is 18.7 Å². The van der Waals surface area contributed by atoms with Crippen LogP contribution in [0.2, 0.25) is 0 Å². The molecule has 108 valence electrons. The number of hydrogen-bond acceptors (Lipinski definition) is 4. The molecule has 0 spiro atoms. The van der Waals surface area contributed by atoms with E-state index >= 15 is 0 Å². The molecule has 1 aliphatic rings. The van der Waals surface area contributed by atoms with Gasteiger partial charge >= 0.3 is 0 Å². The Labute approximate surface area is 118 Å². The fourth-order valence-electron chi connectivity index (χ4n) is 1.90. The SMILES string of the molecule is NC(=O)c1ccc(S(=O)(=O)NCC2=CCNCC2)cc1. The Hall–Kier alpha value is -1.70. The fraction of sp³-hybridized carbons (Fsp3) is 0.308. The average Bonchev–Trinajstić information content (AvgIpc) is 2.46. The summed E-state index contributed by atoms with van der Waals surface area (Å²) in [6.07, 6.45) is 2.82. The Bertz CT molecular complexity index is 621. The molecule has 0 fully saturated rings. The van der Waals surface area contributed by atoms with E-state index in [1.54, 1.807) is 0 Å². The topological polar surface area (TPSA) is 101 Å². The predicted octanol–water partition coefficient (Wildman–Crippen LogP) is -0.0165. The first-order chi connectivity index (χ1) is 9.49. The highest BCUT2D eigenvalue weighted by atomic mass is 32.2. The van der Waals surface area contributed by atoms with Crippen molar-refractivity contribution in [2.75, 3.05) is 19.6 Å². The number of primary amides is 1. The molecule has 20 heavy (non-hydrogen) atoms. The third-order valence-electron chi connectivity index (χ3n) is 3.10. The van der Waals surface area contributed by atoms with Gasteiger partial charge in [0.25, 0.3) is 0 Å². The lowest BCUT2D eigenvalue weighted by atomic mass is 10.1. The van der Waals surface area contributed by atoms with Crippen molar-refractivity contribution in [1.29, 1.82) is 0 Å². The van der Waals surface area contributed by atoms with Crippen LogP contribution in [0, 0.1) is 0 Å². The lowest BCUT2D eigenvalue weighted by Crippen LogP contribution is -2.29. The second kappa shape index (κ2) is 6.17. The first-order valence-electron chi connectivity index (χ1n) is 6.27. The van der Waals surface area contributed by atoms with Crippen LogP contribution in [0.4, 0.5) is 0 Å². The van der Waals surface area contributed by atoms with Crippen molar-refractivity contribution in [1.82, 2.24) is 10.0 Å². The van der Waals surface area contributed by atoms with Crippen LogP contribution in [0.1, 0.15) is 16.8 Å². The van der Waals surface area contributed by atoms with Gasteiger partial charge in [-0.15, -0.1) is 0 Å². The lowest BCUT2D eigenvalue weighted by molar-refractivity contribution is 0.1000. The monoisotopic (exact) mass is 295 g/mol. The normalized spacial score (nSPS) is 15.7. The molecule has 0 unspecified atom stereocenters. The number of rotatable bonds is 5.